The molecule has 11 heteroatoms. The molecular weight excluding hydrogens is 419 g/mol. The highest BCUT2D eigenvalue weighted by Crippen LogP contribution is 2.36. The molecule has 4 atom stereocenters. The first-order valence-electron chi connectivity index (χ1n) is 7.94. The lowest BCUT2D eigenvalue weighted by atomic mass is 10.2. The molecule has 1 N–H and O–H groups in total. The van der Waals surface area contributed by atoms with Gasteiger partial charge in [-0.15, -0.1) is 0 Å². The zero-order valence-corrected chi connectivity index (χ0v) is 15.7. The second kappa shape index (κ2) is 8.58. The van der Waals surface area contributed by atoms with E-state index in [0.29, 0.717) is 6.20 Å². The summed E-state index contributed by atoms with van der Waals surface area (Å²) >= 11 is 3.29. The van der Waals surface area contributed by atoms with Crippen molar-refractivity contribution in [2.45, 2.75) is 50.0 Å². The van der Waals surface area contributed by atoms with E-state index in [2.05, 4.69) is 15.9 Å². The fourth-order valence-corrected chi connectivity index (χ4v) is 3.18. The molecule has 144 valence electrons. The molecule has 0 aliphatic carbocycles. The number of hydrogen-bond acceptors (Lipinski definition) is 7. The molecule has 0 unspecified atom stereocenters. The number of ether oxygens (including phenoxy) is 3. The summed E-state index contributed by atoms with van der Waals surface area (Å²) in [6.07, 6.45) is -1.89. The van der Waals surface area contributed by atoms with Gasteiger partial charge in [0.1, 0.15) is 18.8 Å². The van der Waals surface area contributed by atoms with Crippen molar-refractivity contribution < 1.29 is 28.2 Å². The molecular formula is C15H18BrFN2O7. The molecule has 1 aliphatic rings. The van der Waals surface area contributed by atoms with Crippen LogP contribution in [0.15, 0.2) is 15.8 Å². The van der Waals surface area contributed by atoms with E-state index < -0.39 is 52.3 Å². The van der Waals surface area contributed by atoms with Gasteiger partial charge in [-0.05, 0) is 0 Å². The van der Waals surface area contributed by atoms with Crippen LogP contribution in [0.2, 0.25) is 0 Å². The number of carbonyl (C=O) groups excluding carboxylic acids is 2. The minimum atomic E-state index is -1.17. The monoisotopic (exact) mass is 436 g/mol. The van der Waals surface area contributed by atoms with Gasteiger partial charge in [0.15, 0.2) is 6.23 Å². The Balaban J connectivity index is 2.30. The van der Waals surface area contributed by atoms with Crippen LogP contribution in [0.3, 0.4) is 0 Å². The molecule has 1 aliphatic heterocycles. The lowest BCUT2D eigenvalue weighted by molar-refractivity contribution is -0.157. The average molecular weight is 437 g/mol. The van der Waals surface area contributed by atoms with Crippen molar-refractivity contribution in [1.29, 1.82) is 0 Å². The Morgan fingerprint density at radius 1 is 1.31 bits per heavy atom. The summed E-state index contributed by atoms with van der Waals surface area (Å²) in [5.74, 6) is -2.16. The first kappa shape index (κ1) is 20.3. The first-order valence-corrected chi connectivity index (χ1v) is 8.85. The fraction of sp³-hybridized carbons (Fsp3) is 0.600. The predicted molar refractivity (Wildman–Crippen MR) is 89.3 cm³/mol. The topological polar surface area (TPSA) is 117 Å². The Morgan fingerprint density at radius 2 is 1.96 bits per heavy atom. The number of esters is 2. The molecule has 1 aromatic rings. The lowest BCUT2D eigenvalue weighted by Crippen LogP contribution is -2.38. The maximum absolute atomic E-state index is 13.6. The standard InChI is InChI=1S/C15H18BrFN2O7/c1-3-9(20)24-6-8-12(26-10(21)4-2)11(16)14(25-8)19-5-7(17)13(22)18-15(19)23/h5,8,11-12,14H,3-4,6H2,1-2H3,(H,18,22,23)/t8-,11-,12-,14-/m0/s1. The number of nitrogens with zero attached hydrogens (tertiary/aromatic N) is 1. The van der Waals surface area contributed by atoms with E-state index in [1.165, 1.54) is 0 Å². The van der Waals surface area contributed by atoms with Gasteiger partial charge in [-0.25, -0.2) is 4.79 Å². The largest absolute Gasteiger partial charge is 0.463 e. The summed E-state index contributed by atoms with van der Waals surface area (Å²) in [6.45, 7) is 3.01. The molecule has 0 radical (unpaired) electrons. The van der Waals surface area contributed by atoms with Crippen LogP contribution < -0.4 is 11.2 Å². The van der Waals surface area contributed by atoms with Crippen molar-refractivity contribution in [3.05, 3.63) is 32.9 Å². The van der Waals surface area contributed by atoms with Crippen LogP contribution in [0.25, 0.3) is 0 Å². The number of hydrogen-bond donors (Lipinski definition) is 1. The van der Waals surface area contributed by atoms with Crippen LogP contribution in [-0.2, 0) is 23.8 Å². The number of nitrogens with one attached hydrogen (secondary N) is 1. The second-order valence-corrected chi connectivity index (χ2v) is 6.56. The van der Waals surface area contributed by atoms with Gasteiger partial charge in [-0.1, -0.05) is 29.8 Å². The smallest absolute Gasteiger partial charge is 0.330 e. The van der Waals surface area contributed by atoms with E-state index in [9.17, 15) is 23.6 Å². The molecule has 0 saturated carbocycles. The molecule has 26 heavy (non-hydrogen) atoms. The van der Waals surface area contributed by atoms with Gasteiger partial charge >= 0.3 is 17.6 Å². The van der Waals surface area contributed by atoms with Crippen LogP contribution in [-0.4, -0.2) is 45.1 Å². The zero-order chi connectivity index (χ0) is 19.4. The third-order valence-corrected chi connectivity index (χ3v) is 4.69. The normalized spacial score (nSPS) is 25.1. The summed E-state index contributed by atoms with van der Waals surface area (Å²) in [5.41, 5.74) is -2.05. The van der Waals surface area contributed by atoms with Crippen molar-refractivity contribution in [3.8, 4) is 0 Å². The van der Waals surface area contributed by atoms with Crippen molar-refractivity contribution in [1.82, 2.24) is 9.55 Å². The van der Waals surface area contributed by atoms with E-state index in [1.807, 2.05) is 4.98 Å². The van der Waals surface area contributed by atoms with Gasteiger partial charge in [-0.2, -0.15) is 4.39 Å². The molecule has 0 amide bonds. The summed E-state index contributed by atoms with van der Waals surface area (Å²) in [7, 11) is 0. The number of aromatic nitrogens is 2. The summed E-state index contributed by atoms with van der Waals surface area (Å²) in [4.78, 5) is 47.3. The molecule has 0 bridgehead atoms. The third-order valence-electron chi connectivity index (χ3n) is 3.72. The third kappa shape index (κ3) is 4.39. The van der Waals surface area contributed by atoms with Crippen molar-refractivity contribution >= 4 is 27.9 Å². The van der Waals surface area contributed by atoms with Crippen molar-refractivity contribution in [2.75, 3.05) is 6.61 Å². The molecule has 9 nitrogen and oxygen atoms in total. The molecule has 0 spiro atoms. The molecule has 1 aromatic heterocycles. The van der Waals surface area contributed by atoms with Gasteiger partial charge in [0.25, 0.3) is 5.56 Å². The highest BCUT2D eigenvalue weighted by molar-refractivity contribution is 9.09. The number of H-pyrrole nitrogens is 1. The summed E-state index contributed by atoms with van der Waals surface area (Å²) in [6, 6.07) is 0. The molecule has 2 heterocycles. The van der Waals surface area contributed by atoms with E-state index in [4.69, 9.17) is 14.2 Å². The Labute approximate surface area is 155 Å². The minimum Gasteiger partial charge on any atom is -0.463 e. The highest BCUT2D eigenvalue weighted by Gasteiger charge is 2.47. The van der Waals surface area contributed by atoms with Crippen molar-refractivity contribution in [2.24, 2.45) is 0 Å². The van der Waals surface area contributed by atoms with Crippen LogP contribution in [0.5, 0.6) is 0 Å². The van der Waals surface area contributed by atoms with Crippen molar-refractivity contribution in [3.63, 3.8) is 0 Å². The number of aromatic amines is 1. The number of alkyl halides is 1. The van der Waals surface area contributed by atoms with Crippen LogP contribution in [0.1, 0.15) is 32.9 Å². The van der Waals surface area contributed by atoms with E-state index in [1.54, 1.807) is 13.8 Å². The number of rotatable bonds is 6. The van der Waals surface area contributed by atoms with Gasteiger partial charge in [0.2, 0.25) is 5.82 Å². The fourth-order valence-electron chi connectivity index (χ4n) is 2.35. The Morgan fingerprint density at radius 3 is 2.58 bits per heavy atom. The SMILES string of the molecule is CCC(=O)OC[C@@H]1O[C@H](n2cc(F)c(=O)[nH]c2=O)[C@@H](Br)[C@H]1OC(=O)CC. The Hall–Kier alpha value is -2.01. The zero-order valence-electron chi connectivity index (χ0n) is 14.1. The summed E-state index contributed by atoms with van der Waals surface area (Å²) < 4.78 is 30.4. The van der Waals surface area contributed by atoms with Crippen LogP contribution in [0, 0.1) is 5.82 Å². The second-order valence-electron chi connectivity index (χ2n) is 5.50. The predicted octanol–water partition coefficient (Wildman–Crippen LogP) is 0.612. The van der Waals surface area contributed by atoms with Crippen LogP contribution >= 0.6 is 15.9 Å². The van der Waals surface area contributed by atoms with Crippen LogP contribution in [0.4, 0.5) is 4.39 Å². The first-order chi connectivity index (χ1) is 12.3. The maximum atomic E-state index is 13.6. The average Bonchev–Trinajstić information content (AvgIpc) is 2.91. The summed E-state index contributed by atoms with van der Waals surface area (Å²) in [5, 5.41) is 0. The molecule has 2 rings (SSSR count). The number of halogens is 2. The van der Waals surface area contributed by atoms with Gasteiger partial charge < -0.3 is 14.2 Å². The number of carbonyl (C=O) groups is 2. The molecule has 1 saturated heterocycles. The Bertz CT molecular complexity index is 793. The maximum Gasteiger partial charge on any atom is 0.330 e. The van der Waals surface area contributed by atoms with E-state index >= 15 is 0 Å². The minimum absolute atomic E-state index is 0.107. The molecule has 0 aromatic carbocycles. The van der Waals surface area contributed by atoms with Gasteiger partial charge in [0, 0.05) is 12.8 Å². The quantitative estimate of drug-likeness (QED) is 0.512. The molecule has 1 fully saturated rings. The Kier molecular flexibility index (Phi) is 6.70. The van der Waals surface area contributed by atoms with Gasteiger partial charge in [-0.3, -0.25) is 23.9 Å². The van der Waals surface area contributed by atoms with E-state index in [0.717, 1.165) is 4.57 Å². The van der Waals surface area contributed by atoms with Gasteiger partial charge in [0.05, 0.1) is 11.0 Å². The van der Waals surface area contributed by atoms with E-state index in [-0.39, 0.29) is 19.4 Å². The lowest BCUT2D eigenvalue weighted by Gasteiger charge is -2.20. The highest BCUT2D eigenvalue weighted by atomic mass is 79.9.